The number of fused-ring (bicyclic) bond motifs is 3. The van der Waals surface area contributed by atoms with Crippen molar-refractivity contribution in [2.45, 2.75) is 38.0 Å². The van der Waals surface area contributed by atoms with E-state index in [1.807, 2.05) is 6.92 Å². The second kappa shape index (κ2) is 4.10. The number of aryl methyl sites for hydroxylation is 2. The zero-order valence-corrected chi connectivity index (χ0v) is 11.1. The molecule has 3 rings (SSSR count). The van der Waals surface area contributed by atoms with Crippen LogP contribution in [0, 0.1) is 0 Å². The van der Waals surface area contributed by atoms with Gasteiger partial charge in [0.1, 0.15) is 10.7 Å². The van der Waals surface area contributed by atoms with E-state index >= 15 is 0 Å². The lowest BCUT2D eigenvalue weighted by molar-refractivity contribution is 0.806. The molecule has 2 heterocycles. The maximum Gasteiger partial charge on any atom is 0.259 e. The van der Waals surface area contributed by atoms with E-state index in [-0.39, 0.29) is 10.9 Å². The van der Waals surface area contributed by atoms with Crippen molar-refractivity contribution in [1.29, 1.82) is 0 Å². The summed E-state index contributed by atoms with van der Waals surface area (Å²) in [6.45, 7) is 1.98. The smallest absolute Gasteiger partial charge is 0.259 e. The van der Waals surface area contributed by atoms with E-state index in [9.17, 15) is 4.79 Å². The Kier molecular flexibility index (Phi) is 2.71. The van der Waals surface area contributed by atoms with Crippen LogP contribution in [0.25, 0.3) is 10.2 Å². The average molecular weight is 269 g/mol. The number of rotatable bonds is 2. The van der Waals surface area contributed by atoms with Crippen molar-refractivity contribution in [3.8, 4) is 0 Å². The largest absolute Gasteiger partial charge is 0.309 e. The first-order valence-corrected chi connectivity index (χ1v) is 7.14. The van der Waals surface area contributed by atoms with Gasteiger partial charge in [-0.1, -0.05) is 6.92 Å². The van der Waals surface area contributed by atoms with Gasteiger partial charge >= 0.3 is 0 Å². The van der Waals surface area contributed by atoms with Crippen LogP contribution < -0.4 is 5.56 Å². The molecule has 1 unspecified atom stereocenters. The highest BCUT2D eigenvalue weighted by Crippen LogP contribution is 2.35. The summed E-state index contributed by atoms with van der Waals surface area (Å²) < 4.78 is 0. The van der Waals surface area contributed by atoms with Crippen molar-refractivity contribution in [3.05, 3.63) is 26.6 Å². The molecule has 2 aromatic rings. The second-order valence-electron chi connectivity index (χ2n) is 4.36. The van der Waals surface area contributed by atoms with E-state index in [0.717, 1.165) is 35.9 Å². The summed E-state index contributed by atoms with van der Waals surface area (Å²) in [7, 11) is 0. The Labute approximate surface area is 108 Å². The van der Waals surface area contributed by atoms with E-state index < -0.39 is 0 Å². The minimum atomic E-state index is -0.205. The molecule has 0 aromatic carbocycles. The summed E-state index contributed by atoms with van der Waals surface area (Å²) in [6.07, 6.45) is 4.02. The van der Waals surface area contributed by atoms with E-state index in [2.05, 4.69) is 9.97 Å². The fourth-order valence-electron chi connectivity index (χ4n) is 2.36. The quantitative estimate of drug-likeness (QED) is 0.851. The molecular weight excluding hydrogens is 256 g/mol. The Hall–Kier alpha value is -0.870. The van der Waals surface area contributed by atoms with Gasteiger partial charge < -0.3 is 4.98 Å². The Morgan fingerprint density at radius 1 is 1.53 bits per heavy atom. The number of nitrogens with one attached hydrogen (secondary N) is 1. The topological polar surface area (TPSA) is 45.8 Å². The van der Waals surface area contributed by atoms with Crippen molar-refractivity contribution in [1.82, 2.24) is 9.97 Å². The van der Waals surface area contributed by atoms with Crippen molar-refractivity contribution in [2.24, 2.45) is 0 Å². The van der Waals surface area contributed by atoms with Crippen molar-refractivity contribution >= 4 is 33.2 Å². The first kappa shape index (κ1) is 11.2. The minimum Gasteiger partial charge on any atom is -0.309 e. The molecule has 0 bridgehead atoms. The summed E-state index contributed by atoms with van der Waals surface area (Å²) >= 11 is 7.78. The first-order chi connectivity index (χ1) is 8.20. The number of H-pyrrole nitrogens is 1. The molecule has 1 atom stereocenters. The molecular formula is C12H13ClN2OS. The van der Waals surface area contributed by atoms with Gasteiger partial charge in [0.15, 0.2) is 0 Å². The lowest BCUT2D eigenvalue weighted by atomic mass is 10.2. The standard InChI is InChI=1S/C12H13ClN2OS/c1-2-7(13)10-14-11(16)9-6-4-3-5-8(6)17-12(9)15-10/h7H,2-5H2,1H3,(H,14,15,16). The van der Waals surface area contributed by atoms with E-state index in [4.69, 9.17) is 11.6 Å². The fourth-order valence-corrected chi connectivity index (χ4v) is 3.73. The molecule has 0 saturated carbocycles. The van der Waals surface area contributed by atoms with Crippen LogP contribution in [0.15, 0.2) is 4.79 Å². The maximum atomic E-state index is 12.1. The molecule has 90 valence electrons. The third-order valence-electron chi connectivity index (χ3n) is 3.25. The first-order valence-electron chi connectivity index (χ1n) is 5.89. The Balaban J connectivity index is 2.25. The zero-order chi connectivity index (χ0) is 12.0. The third-order valence-corrected chi connectivity index (χ3v) is 4.95. The van der Waals surface area contributed by atoms with Crippen LogP contribution in [0.3, 0.4) is 0 Å². The van der Waals surface area contributed by atoms with Gasteiger partial charge in [0.05, 0.1) is 10.8 Å². The molecule has 0 amide bonds. The van der Waals surface area contributed by atoms with Crippen molar-refractivity contribution in [3.63, 3.8) is 0 Å². The lowest BCUT2D eigenvalue weighted by Gasteiger charge is -2.05. The van der Waals surface area contributed by atoms with Crippen molar-refractivity contribution in [2.75, 3.05) is 0 Å². The van der Waals surface area contributed by atoms with Gasteiger partial charge in [0, 0.05) is 4.88 Å². The molecule has 0 aliphatic heterocycles. The number of aromatic amines is 1. The number of halogens is 1. The minimum absolute atomic E-state index is 0.0245. The van der Waals surface area contributed by atoms with Gasteiger partial charge in [-0.25, -0.2) is 4.98 Å². The predicted octanol–water partition coefficient (Wildman–Crippen LogP) is 3.16. The number of aromatic nitrogens is 2. The third kappa shape index (κ3) is 1.70. The maximum absolute atomic E-state index is 12.1. The van der Waals surface area contributed by atoms with Gasteiger partial charge in [0.2, 0.25) is 0 Å². The predicted molar refractivity (Wildman–Crippen MR) is 71.2 cm³/mol. The summed E-state index contributed by atoms with van der Waals surface area (Å²) in [6, 6.07) is 0. The highest BCUT2D eigenvalue weighted by atomic mass is 35.5. The normalized spacial score (nSPS) is 16.4. The zero-order valence-electron chi connectivity index (χ0n) is 9.55. The number of hydrogen-bond donors (Lipinski definition) is 1. The van der Waals surface area contributed by atoms with Crippen LogP contribution in [0.5, 0.6) is 0 Å². The van der Waals surface area contributed by atoms with Gasteiger partial charge in [-0.3, -0.25) is 4.79 Å². The highest BCUT2D eigenvalue weighted by molar-refractivity contribution is 7.18. The van der Waals surface area contributed by atoms with E-state index in [1.165, 1.54) is 10.4 Å². The van der Waals surface area contributed by atoms with E-state index in [0.29, 0.717) is 5.82 Å². The van der Waals surface area contributed by atoms with Gasteiger partial charge in [-0.15, -0.1) is 22.9 Å². The summed E-state index contributed by atoms with van der Waals surface area (Å²) in [4.78, 5) is 21.6. The summed E-state index contributed by atoms with van der Waals surface area (Å²) in [5.41, 5.74) is 1.19. The van der Waals surface area contributed by atoms with Crippen LogP contribution in [-0.4, -0.2) is 9.97 Å². The monoisotopic (exact) mass is 268 g/mol. The van der Waals surface area contributed by atoms with Crippen LogP contribution in [0.1, 0.15) is 41.4 Å². The Morgan fingerprint density at radius 2 is 2.35 bits per heavy atom. The van der Waals surface area contributed by atoms with Crippen molar-refractivity contribution < 1.29 is 0 Å². The SMILES string of the molecule is CCC(Cl)c1nc2sc3c(c2c(=O)[nH]1)CCC3. The molecule has 2 aromatic heterocycles. The Bertz CT molecular complexity index is 631. The van der Waals surface area contributed by atoms with Crippen LogP contribution >= 0.6 is 22.9 Å². The number of thiophene rings is 1. The lowest BCUT2D eigenvalue weighted by Crippen LogP contribution is -2.12. The molecule has 0 fully saturated rings. The molecule has 3 nitrogen and oxygen atoms in total. The summed E-state index contributed by atoms with van der Waals surface area (Å²) in [5.74, 6) is 0.603. The summed E-state index contributed by atoms with van der Waals surface area (Å²) in [5, 5.41) is 0.593. The molecule has 5 heteroatoms. The molecule has 0 spiro atoms. The van der Waals surface area contributed by atoms with Gasteiger partial charge in [0.25, 0.3) is 5.56 Å². The van der Waals surface area contributed by atoms with Crippen LogP contribution in [0.2, 0.25) is 0 Å². The van der Waals surface area contributed by atoms with Crippen LogP contribution in [0.4, 0.5) is 0 Å². The molecule has 0 saturated heterocycles. The molecule has 1 aliphatic carbocycles. The van der Waals surface area contributed by atoms with Gasteiger partial charge in [-0.2, -0.15) is 0 Å². The Morgan fingerprint density at radius 3 is 3.12 bits per heavy atom. The molecule has 1 N–H and O–H groups in total. The molecule has 0 radical (unpaired) electrons. The molecule has 1 aliphatic rings. The number of alkyl halides is 1. The highest BCUT2D eigenvalue weighted by Gasteiger charge is 2.21. The fraction of sp³-hybridized carbons (Fsp3) is 0.500. The number of hydrogen-bond acceptors (Lipinski definition) is 3. The van der Waals surface area contributed by atoms with E-state index in [1.54, 1.807) is 11.3 Å². The number of nitrogens with zero attached hydrogens (tertiary/aromatic N) is 1. The molecule has 17 heavy (non-hydrogen) atoms. The van der Waals surface area contributed by atoms with Crippen LogP contribution in [-0.2, 0) is 12.8 Å². The average Bonchev–Trinajstić information content (AvgIpc) is 2.86. The van der Waals surface area contributed by atoms with Gasteiger partial charge in [-0.05, 0) is 31.2 Å². The second-order valence-corrected chi connectivity index (χ2v) is 5.97.